The first kappa shape index (κ1) is 12.9. The molecule has 0 bridgehead atoms. The zero-order valence-corrected chi connectivity index (χ0v) is 10.2. The van der Waals surface area contributed by atoms with E-state index in [1.165, 1.54) is 6.33 Å². The summed E-state index contributed by atoms with van der Waals surface area (Å²) in [6.07, 6.45) is 0.618. The van der Waals surface area contributed by atoms with Gasteiger partial charge in [0.15, 0.2) is 5.65 Å². The topological polar surface area (TPSA) is 122 Å². The summed E-state index contributed by atoms with van der Waals surface area (Å²) < 4.78 is 7.23. The lowest BCUT2D eigenvalue weighted by Gasteiger charge is -2.09. The molecule has 1 unspecified atom stereocenters. The van der Waals surface area contributed by atoms with Crippen LogP contribution in [0.2, 0.25) is 0 Å². The van der Waals surface area contributed by atoms with Gasteiger partial charge in [-0.15, -0.1) is 0 Å². The van der Waals surface area contributed by atoms with E-state index in [2.05, 4.69) is 15.0 Å². The lowest BCUT2D eigenvalue weighted by Crippen LogP contribution is -2.20. The van der Waals surface area contributed by atoms with E-state index in [1.807, 2.05) is 0 Å². The van der Waals surface area contributed by atoms with Crippen molar-refractivity contribution < 1.29 is 14.9 Å². The first-order valence-corrected chi connectivity index (χ1v) is 5.60. The normalized spacial score (nSPS) is 13.0. The summed E-state index contributed by atoms with van der Waals surface area (Å²) in [4.78, 5) is 10.9. The predicted molar refractivity (Wildman–Crippen MR) is 66.2 cm³/mol. The van der Waals surface area contributed by atoms with Crippen molar-refractivity contribution in [1.82, 2.24) is 19.5 Å². The number of nitrogens with two attached hydrogens (primary N) is 1. The Morgan fingerprint density at radius 1 is 1.61 bits per heavy atom. The van der Waals surface area contributed by atoms with Crippen LogP contribution in [0.15, 0.2) is 6.33 Å². The molecule has 0 saturated carbocycles. The number of ether oxygens (including phenoxy) is 1. The van der Waals surface area contributed by atoms with E-state index in [9.17, 15) is 0 Å². The van der Waals surface area contributed by atoms with E-state index < -0.39 is 6.10 Å². The average molecular weight is 271 g/mol. The minimum atomic E-state index is -0.902. The minimum absolute atomic E-state index is 0.0192. The summed E-state index contributed by atoms with van der Waals surface area (Å²) in [6, 6.07) is 0. The third kappa shape index (κ3) is 2.64. The largest absolute Gasteiger partial charge is 0.394 e. The van der Waals surface area contributed by atoms with E-state index in [4.69, 9.17) is 32.9 Å². The molecule has 0 aliphatic heterocycles. The third-order valence-corrected chi connectivity index (χ3v) is 2.54. The van der Waals surface area contributed by atoms with Gasteiger partial charge in [0.25, 0.3) is 0 Å². The van der Waals surface area contributed by atoms with Crippen LogP contribution >= 0.6 is 12.2 Å². The number of aliphatic hydroxyl groups excluding tert-OH is 2. The molecule has 0 aliphatic rings. The lowest BCUT2D eigenvalue weighted by atomic mass is 10.4. The molecule has 9 heteroatoms. The molecule has 0 fully saturated rings. The van der Waals surface area contributed by atoms with Gasteiger partial charge in [-0.2, -0.15) is 4.98 Å². The standard InChI is InChI=1S/C9H13N5O3S/c10-9-12-7-6(8(18)13-9)11-3-14(7)4-17-2-5(16)1-15/h3,5,15-16H,1-2,4H2,(H3,10,12,13,18). The van der Waals surface area contributed by atoms with Crippen LogP contribution in [0.25, 0.3) is 11.2 Å². The van der Waals surface area contributed by atoms with Crippen LogP contribution in [0, 0.1) is 4.64 Å². The summed E-state index contributed by atoms with van der Waals surface area (Å²) in [5, 5.41) is 17.8. The summed E-state index contributed by atoms with van der Waals surface area (Å²) in [6.45, 7) is -0.189. The Labute approximate surface area is 107 Å². The summed E-state index contributed by atoms with van der Waals surface area (Å²) in [5.74, 6) is 0.199. The highest BCUT2D eigenvalue weighted by Crippen LogP contribution is 2.12. The van der Waals surface area contributed by atoms with Crippen LogP contribution in [-0.4, -0.2) is 49.0 Å². The molecular formula is C9H13N5O3S. The van der Waals surface area contributed by atoms with Crippen LogP contribution in [0.3, 0.4) is 0 Å². The molecule has 18 heavy (non-hydrogen) atoms. The number of hydrogen-bond acceptors (Lipinski definition) is 7. The number of aromatic amines is 1. The van der Waals surface area contributed by atoms with Crippen molar-refractivity contribution in [1.29, 1.82) is 0 Å². The number of rotatable bonds is 5. The fourth-order valence-electron chi connectivity index (χ4n) is 1.41. The Morgan fingerprint density at radius 2 is 2.39 bits per heavy atom. The van der Waals surface area contributed by atoms with Crippen LogP contribution in [0.1, 0.15) is 0 Å². The number of nitrogens with zero attached hydrogens (tertiary/aromatic N) is 3. The molecule has 2 heterocycles. The molecule has 0 aliphatic carbocycles. The van der Waals surface area contributed by atoms with Gasteiger partial charge in [-0.1, -0.05) is 12.2 Å². The van der Waals surface area contributed by atoms with Gasteiger partial charge >= 0.3 is 0 Å². The molecule has 98 valence electrons. The first-order chi connectivity index (χ1) is 8.61. The van der Waals surface area contributed by atoms with E-state index in [0.717, 1.165) is 0 Å². The quantitative estimate of drug-likeness (QED) is 0.535. The monoisotopic (exact) mass is 271 g/mol. The molecule has 1 atom stereocenters. The Morgan fingerprint density at radius 3 is 3.11 bits per heavy atom. The molecule has 8 nitrogen and oxygen atoms in total. The molecule has 0 radical (unpaired) electrons. The predicted octanol–water partition coefficient (Wildman–Crippen LogP) is -0.602. The molecule has 5 N–H and O–H groups in total. The van der Waals surface area contributed by atoms with Crippen molar-refractivity contribution in [3.63, 3.8) is 0 Å². The van der Waals surface area contributed by atoms with E-state index >= 15 is 0 Å². The fourth-order valence-corrected chi connectivity index (χ4v) is 1.65. The SMILES string of the molecule is Nc1nc2c(ncn2COCC(O)CO)c(=S)[nH]1. The number of aromatic nitrogens is 4. The highest BCUT2D eigenvalue weighted by Gasteiger charge is 2.08. The van der Waals surface area contributed by atoms with Gasteiger partial charge in [0.2, 0.25) is 5.95 Å². The van der Waals surface area contributed by atoms with Gasteiger partial charge in [-0.3, -0.25) is 4.57 Å². The van der Waals surface area contributed by atoms with Crippen molar-refractivity contribution in [2.45, 2.75) is 12.8 Å². The number of aliphatic hydroxyl groups is 2. The van der Waals surface area contributed by atoms with Crippen LogP contribution < -0.4 is 5.73 Å². The van der Waals surface area contributed by atoms with E-state index in [0.29, 0.717) is 15.8 Å². The Bertz CT molecular complexity index is 595. The van der Waals surface area contributed by atoms with Gasteiger partial charge in [0.05, 0.1) is 19.5 Å². The Kier molecular flexibility index (Phi) is 3.87. The highest BCUT2D eigenvalue weighted by molar-refractivity contribution is 7.71. The van der Waals surface area contributed by atoms with Crippen molar-refractivity contribution in [2.24, 2.45) is 0 Å². The summed E-state index contributed by atoms with van der Waals surface area (Å²) in [5.41, 5.74) is 6.60. The molecule has 2 aromatic heterocycles. The van der Waals surface area contributed by atoms with Crippen molar-refractivity contribution in [3.05, 3.63) is 11.0 Å². The number of H-pyrrole nitrogens is 1. The van der Waals surface area contributed by atoms with Crippen molar-refractivity contribution in [2.75, 3.05) is 18.9 Å². The first-order valence-electron chi connectivity index (χ1n) is 5.19. The van der Waals surface area contributed by atoms with E-state index in [-0.39, 0.29) is 25.9 Å². The molecular weight excluding hydrogens is 258 g/mol. The maximum absolute atomic E-state index is 9.13. The fraction of sp³-hybridized carbons (Fsp3) is 0.444. The number of hydrogen-bond donors (Lipinski definition) is 4. The zero-order valence-electron chi connectivity index (χ0n) is 9.41. The Hall–Kier alpha value is -1.55. The second-order valence-electron chi connectivity index (χ2n) is 3.67. The highest BCUT2D eigenvalue weighted by atomic mass is 32.1. The van der Waals surface area contributed by atoms with Gasteiger partial charge < -0.3 is 25.7 Å². The average Bonchev–Trinajstić information content (AvgIpc) is 2.72. The van der Waals surface area contributed by atoms with E-state index in [1.54, 1.807) is 4.57 Å². The van der Waals surface area contributed by atoms with Gasteiger partial charge in [0, 0.05) is 0 Å². The molecule has 0 spiro atoms. The van der Waals surface area contributed by atoms with Gasteiger partial charge in [0.1, 0.15) is 23.0 Å². The maximum atomic E-state index is 9.13. The summed E-state index contributed by atoms with van der Waals surface area (Å²) in [7, 11) is 0. The van der Waals surface area contributed by atoms with Crippen molar-refractivity contribution >= 4 is 29.3 Å². The van der Waals surface area contributed by atoms with Gasteiger partial charge in [-0.05, 0) is 0 Å². The molecule has 2 aromatic rings. The van der Waals surface area contributed by atoms with Gasteiger partial charge in [-0.25, -0.2) is 4.98 Å². The second kappa shape index (κ2) is 5.40. The lowest BCUT2D eigenvalue weighted by molar-refractivity contribution is -0.0163. The van der Waals surface area contributed by atoms with Crippen LogP contribution in [0.4, 0.5) is 5.95 Å². The number of imidazole rings is 1. The van der Waals surface area contributed by atoms with Crippen LogP contribution in [0.5, 0.6) is 0 Å². The Balaban J connectivity index is 2.17. The number of nitrogens with one attached hydrogen (secondary N) is 1. The van der Waals surface area contributed by atoms with Crippen LogP contribution in [-0.2, 0) is 11.5 Å². The second-order valence-corrected chi connectivity index (χ2v) is 4.08. The maximum Gasteiger partial charge on any atom is 0.200 e. The number of fused-ring (bicyclic) bond motifs is 1. The minimum Gasteiger partial charge on any atom is -0.394 e. The number of nitrogen functional groups attached to an aromatic ring is 1. The smallest absolute Gasteiger partial charge is 0.200 e. The molecule has 2 rings (SSSR count). The molecule has 0 saturated heterocycles. The zero-order chi connectivity index (χ0) is 13.1. The van der Waals surface area contributed by atoms with Crippen molar-refractivity contribution in [3.8, 4) is 0 Å². The molecule has 0 aromatic carbocycles. The summed E-state index contributed by atoms with van der Waals surface area (Å²) >= 11 is 5.06. The number of anilines is 1. The molecule has 0 amide bonds. The third-order valence-electron chi connectivity index (χ3n) is 2.24.